The fourth-order valence-electron chi connectivity index (χ4n) is 2.16. The molecule has 2 unspecified atom stereocenters. The van der Waals surface area contributed by atoms with Crippen molar-refractivity contribution in [3.63, 3.8) is 0 Å². The monoisotopic (exact) mass is 340 g/mol. The lowest BCUT2D eigenvalue weighted by atomic mass is 10.0. The van der Waals surface area contributed by atoms with E-state index in [1.54, 1.807) is 24.3 Å². The van der Waals surface area contributed by atoms with E-state index in [2.05, 4.69) is 10.6 Å². The first kappa shape index (κ1) is 19.5. The van der Waals surface area contributed by atoms with Crippen molar-refractivity contribution in [3.05, 3.63) is 34.9 Å². The first-order chi connectivity index (χ1) is 10.9. The van der Waals surface area contributed by atoms with Gasteiger partial charge in [0.1, 0.15) is 6.04 Å². The summed E-state index contributed by atoms with van der Waals surface area (Å²) in [7, 11) is 0. The highest BCUT2D eigenvalue weighted by Gasteiger charge is 2.25. The third kappa shape index (κ3) is 6.20. The van der Waals surface area contributed by atoms with Gasteiger partial charge in [-0.25, -0.2) is 0 Å². The van der Waals surface area contributed by atoms with Crippen LogP contribution in [0.4, 0.5) is 0 Å². The fourth-order valence-corrected chi connectivity index (χ4v) is 2.38. The van der Waals surface area contributed by atoms with Gasteiger partial charge >= 0.3 is 0 Å². The van der Waals surface area contributed by atoms with Gasteiger partial charge in [0.15, 0.2) is 0 Å². The molecule has 0 saturated carbocycles. The molecule has 128 valence electrons. The molecule has 0 aliphatic rings. The Balaban J connectivity index is 2.69. The Labute approximate surface area is 142 Å². The smallest absolute Gasteiger partial charge is 0.253 e. The molecule has 0 fully saturated rings. The van der Waals surface area contributed by atoms with Crippen LogP contribution < -0.4 is 10.6 Å². The molecule has 0 aliphatic heterocycles. The number of hydrogen-bond acceptors (Lipinski definition) is 3. The van der Waals surface area contributed by atoms with Gasteiger partial charge in [0, 0.05) is 6.54 Å². The average molecular weight is 341 g/mol. The summed E-state index contributed by atoms with van der Waals surface area (Å²) in [5, 5.41) is 15.4. The number of amides is 2. The number of nitrogens with one attached hydrogen (secondary N) is 2. The number of aliphatic hydroxyl groups is 1. The maximum atomic E-state index is 12.3. The Morgan fingerprint density at radius 1 is 1.26 bits per heavy atom. The van der Waals surface area contributed by atoms with Crippen LogP contribution in [0.1, 0.15) is 44.0 Å². The van der Waals surface area contributed by atoms with E-state index in [9.17, 15) is 14.7 Å². The number of halogens is 1. The lowest BCUT2D eigenvalue weighted by Gasteiger charge is -2.22. The molecule has 6 heteroatoms. The van der Waals surface area contributed by atoms with Crippen molar-refractivity contribution >= 4 is 23.4 Å². The summed E-state index contributed by atoms with van der Waals surface area (Å²) in [5.41, 5.74) is 0.332. The molecule has 2 atom stereocenters. The van der Waals surface area contributed by atoms with Gasteiger partial charge in [0.2, 0.25) is 5.91 Å². The second-order valence-electron chi connectivity index (χ2n) is 5.86. The number of aliphatic hydroxyl groups excluding tert-OH is 1. The van der Waals surface area contributed by atoms with Crippen molar-refractivity contribution in [2.24, 2.45) is 5.92 Å². The zero-order valence-corrected chi connectivity index (χ0v) is 14.6. The summed E-state index contributed by atoms with van der Waals surface area (Å²) in [6.45, 7) is 5.84. The first-order valence-electron chi connectivity index (χ1n) is 7.88. The molecule has 0 heterocycles. The Hall–Kier alpha value is -1.59. The summed E-state index contributed by atoms with van der Waals surface area (Å²) in [4.78, 5) is 24.6. The van der Waals surface area contributed by atoms with Crippen LogP contribution in [-0.4, -0.2) is 35.6 Å². The number of rotatable bonds is 8. The van der Waals surface area contributed by atoms with Crippen LogP contribution in [0.2, 0.25) is 5.02 Å². The Bertz CT molecular complexity index is 534. The van der Waals surface area contributed by atoms with E-state index < -0.39 is 18.1 Å². The van der Waals surface area contributed by atoms with Crippen molar-refractivity contribution in [2.75, 3.05) is 6.54 Å². The average Bonchev–Trinajstić information content (AvgIpc) is 2.50. The van der Waals surface area contributed by atoms with E-state index in [1.807, 2.05) is 20.8 Å². The summed E-state index contributed by atoms with van der Waals surface area (Å²) in [6.07, 6.45) is 0.892. The highest BCUT2D eigenvalue weighted by molar-refractivity contribution is 6.33. The van der Waals surface area contributed by atoms with Crippen molar-refractivity contribution < 1.29 is 14.7 Å². The largest absolute Gasteiger partial charge is 0.391 e. The predicted octanol–water partition coefficient (Wildman–Crippen LogP) is 2.37. The molecule has 0 bridgehead atoms. The van der Waals surface area contributed by atoms with Gasteiger partial charge in [-0.1, -0.05) is 50.9 Å². The van der Waals surface area contributed by atoms with Crippen LogP contribution in [0.3, 0.4) is 0 Å². The molecule has 0 radical (unpaired) electrons. The van der Waals surface area contributed by atoms with Crippen LogP contribution in [-0.2, 0) is 4.79 Å². The number of hydrogen-bond donors (Lipinski definition) is 3. The molecule has 0 aliphatic carbocycles. The SMILES string of the molecule is CCCC(O)CNC(=O)C(NC(=O)c1ccccc1Cl)C(C)C. The Morgan fingerprint density at radius 2 is 1.91 bits per heavy atom. The number of benzene rings is 1. The summed E-state index contributed by atoms with van der Waals surface area (Å²) < 4.78 is 0. The Kier molecular flexibility index (Phi) is 8.06. The second-order valence-corrected chi connectivity index (χ2v) is 6.27. The highest BCUT2D eigenvalue weighted by Crippen LogP contribution is 2.15. The maximum absolute atomic E-state index is 12.3. The molecule has 1 aromatic carbocycles. The van der Waals surface area contributed by atoms with Gasteiger partial charge in [-0.3, -0.25) is 9.59 Å². The van der Waals surface area contributed by atoms with Crippen molar-refractivity contribution in [2.45, 2.75) is 45.8 Å². The third-order valence-electron chi connectivity index (χ3n) is 3.49. The molecule has 1 aromatic rings. The number of carbonyl (C=O) groups excluding carboxylic acids is 2. The molecule has 0 spiro atoms. The number of carbonyl (C=O) groups is 2. The van der Waals surface area contributed by atoms with E-state index in [0.717, 1.165) is 6.42 Å². The van der Waals surface area contributed by atoms with E-state index >= 15 is 0 Å². The zero-order chi connectivity index (χ0) is 17.4. The fraction of sp³-hybridized carbons (Fsp3) is 0.529. The predicted molar refractivity (Wildman–Crippen MR) is 91.5 cm³/mol. The van der Waals surface area contributed by atoms with Gasteiger partial charge in [-0.15, -0.1) is 0 Å². The zero-order valence-electron chi connectivity index (χ0n) is 13.8. The summed E-state index contributed by atoms with van der Waals surface area (Å²) in [6, 6.07) is 6.00. The van der Waals surface area contributed by atoms with Gasteiger partial charge in [0.05, 0.1) is 16.7 Å². The lowest BCUT2D eigenvalue weighted by Crippen LogP contribution is -2.51. The second kappa shape index (κ2) is 9.53. The molecule has 23 heavy (non-hydrogen) atoms. The standard InChI is InChI=1S/C17H25ClN2O3/c1-4-7-12(21)10-19-17(23)15(11(2)3)20-16(22)13-8-5-6-9-14(13)18/h5-6,8-9,11-12,15,21H,4,7,10H2,1-3H3,(H,19,23)(H,20,22). The van der Waals surface area contributed by atoms with Crippen LogP contribution >= 0.6 is 11.6 Å². The van der Waals surface area contributed by atoms with Crippen LogP contribution in [0.5, 0.6) is 0 Å². The van der Waals surface area contributed by atoms with Gasteiger partial charge in [-0.2, -0.15) is 0 Å². The molecular formula is C17H25ClN2O3. The van der Waals surface area contributed by atoms with Gasteiger partial charge in [0.25, 0.3) is 5.91 Å². The summed E-state index contributed by atoms with van der Waals surface area (Å²) >= 11 is 6.00. The van der Waals surface area contributed by atoms with E-state index in [4.69, 9.17) is 11.6 Å². The molecule has 0 aromatic heterocycles. The van der Waals surface area contributed by atoms with E-state index in [1.165, 1.54) is 0 Å². The van der Waals surface area contributed by atoms with Crippen LogP contribution in [0.25, 0.3) is 0 Å². The minimum atomic E-state index is -0.687. The molecule has 0 saturated heterocycles. The molecule has 5 nitrogen and oxygen atoms in total. The molecule has 2 amide bonds. The summed E-state index contributed by atoms with van der Waals surface area (Å²) in [5.74, 6) is -0.793. The normalized spacial score (nSPS) is 13.5. The highest BCUT2D eigenvalue weighted by atomic mass is 35.5. The van der Waals surface area contributed by atoms with E-state index in [-0.39, 0.29) is 18.4 Å². The van der Waals surface area contributed by atoms with Crippen molar-refractivity contribution in [1.29, 1.82) is 0 Å². The molecule has 1 rings (SSSR count). The lowest BCUT2D eigenvalue weighted by molar-refractivity contribution is -0.124. The van der Waals surface area contributed by atoms with Crippen LogP contribution in [0, 0.1) is 5.92 Å². The van der Waals surface area contributed by atoms with E-state index in [0.29, 0.717) is 17.0 Å². The first-order valence-corrected chi connectivity index (χ1v) is 8.25. The maximum Gasteiger partial charge on any atom is 0.253 e. The van der Waals surface area contributed by atoms with Gasteiger partial charge in [-0.05, 0) is 24.5 Å². The molecular weight excluding hydrogens is 316 g/mol. The van der Waals surface area contributed by atoms with Crippen LogP contribution in [0.15, 0.2) is 24.3 Å². The Morgan fingerprint density at radius 3 is 2.48 bits per heavy atom. The topological polar surface area (TPSA) is 78.4 Å². The van der Waals surface area contributed by atoms with Crippen molar-refractivity contribution in [3.8, 4) is 0 Å². The third-order valence-corrected chi connectivity index (χ3v) is 3.82. The quantitative estimate of drug-likeness (QED) is 0.679. The van der Waals surface area contributed by atoms with Crippen molar-refractivity contribution in [1.82, 2.24) is 10.6 Å². The van der Waals surface area contributed by atoms with Gasteiger partial charge < -0.3 is 15.7 Å². The molecule has 3 N–H and O–H groups in total. The minimum absolute atomic E-state index is 0.0928. The minimum Gasteiger partial charge on any atom is -0.391 e.